The maximum atomic E-state index is 5.59. The van der Waals surface area contributed by atoms with E-state index >= 15 is 0 Å². The molecule has 0 aromatic rings. The van der Waals surface area contributed by atoms with Gasteiger partial charge in [-0.2, -0.15) is 0 Å². The first-order chi connectivity index (χ1) is 7.66. The SMILES string of the molecule is C=C1CN2CC(=C)CC2(COCC)C1.CC. The van der Waals surface area contributed by atoms with E-state index in [1.54, 1.807) is 0 Å². The second-order valence-electron chi connectivity index (χ2n) is 4.57. The fraction of sp³-hybridized carbons (Fsp3) is 0.714. The van der Waals surface area contributed by atoms with E-state index in [1.165, 1.54) is 11.1 Å². The van der Waals surface area contributed by atoms with Gasteiger partial charge >= 0.3 is 0 Å². The van der Waals surface area contributed by atoms with Gasteiger partial charge in [-0.05, 0) is 19.8 Å². The van der Waals surface area contributed by atoms with Crippen molar-refractivity contribution in [3.05, 3.63) is 24.3 Å². The smallest absolute Gasteiger partial charge is 0.0656 e. The van der Waals surface area contributed by atoms with E-state index in [2.05, 4.69) is 25.0 Å². The molecule has 0 aliphatic carbocycles. The molecule has 2 nitrogen and oxygen atoms in total. The van der Waals surface area contributed by atoms with Crippen LogP contribution in [0.5, 0.6) is 0 Å². The van der Waals surface area contributed by atoms with Crippen LogP contribution in [0, 0.1) is 0 Å². The van der Waals surface area contributed by atoms with Crippen LogP contribution in [0.4, 0.5) is 0 Å². The number of rotatable bonds is 3. The number of nitrogens with zero attached hydrogens (tertiary/aromatic N) is 1. The molecule has 0 N–H and O–H groups in total. The maximum absolute atomic E-state index is 5.59. The molecule has 0 saturated carbocycles. The Labute approximate surface area is 100.0 Å². The highest BCUT2D eigenvalue weighted by Crippen LogP contribution is 2.42. The van der Waals surface area contributed by atoms with Crippen molar-refractivity contribution in [2.24, 2.45) is 0 Å². The minimum absolute atomic E-state index is 0.212. The molecular formula is C14H25NO. The van der Waals surface area contributed by atoms with Crippen LogP contribution in [-0.2, 0) is 4.74 Å². The molecule has 2 rings (SSSR count). The van der Waals surface area contributed by atoms with Gasteiger partial charge in [0.05, 0.1) is 12.1 Å². The second-order valence-corrected chi connectivity index (χ2v) is 4.57. The zero-order chi connectivity index (χ0) is 12.2. The van der Waals surface area contributed by atoms with E-state index in [-0.39, 0.29) is 5.54 Å². The van der Waals surface area contributed by atoms with Crippen LogP contribution in [0.15, 0.2) is 24.3 Å². The van der Waals surface area contributed by atoms with Crippen LogP contribution < -0.4 is 0 Å². The third-order valence-electron chi connectivity index (χ3n) is 3.23. The number of hydrogen-bond acceptors (Lipinski definition) is 2. The summed E-state index contributed by atoms with van der Waals surface area (Å²) in [4.78, 5) is 2.48. The third kappa shape index (κ3) is 2.55. The van der Waals surface area contributed by atoms with Crippen molar-refractivity contribution in [1.29, 1.82) is 0 Å². The van der Waals surface area contributed by atoms with Crippen LogP contribution in [0.1, 0.15) is 33.6 Å². The van der Waals surface area contributed by atoms with Crippen molar-refractivity contribution in [3.8, 4) is 0 Å². The number of fused-ring (bicyclic) bond motifs is 1. The number of hydrogen-bond donors (Lipinski definition) is 0. The highest BCUT2D eigenvalue weighted by molar-refractivity contribution is 5.26. The lowest BCUT2D eigenvalue weighted by Crippen LogP contribution is -2.42. The molecule has 92 valence electrons. The van der Waals surface area contributed by atoms with Crippen molar-refractivity contribution < 1.29 is 4.74 Å². The fourth-order valence-electron chi connectivity index (χ4n) is 2.75. The summed E-state index contributed by atoms with van der Waals surface area (Å²) in [6, 6.07) is 0. The molecule has 0 amide bonds. The summed E-state index contributed by atoms with van der Waals surface area (Å²) in [7, 11) is 0. The molecule has 2 heteroatoms. The predicted octanol–water partition coefficient (Wildman–Crippen LogP) is 3.01. The lowest BCUT2D eigenvalue weighted by atomic mass is 9.92. The van der Waals surface area contributed by atoms with E-state index in [1.807, 2.05) is 13.8 Å². The minimum Gasteiger partial charge on any atom is -0.380 e. The van der Waals surface area contributed by atoms with Gasteiger partial charge in [-0.1, -0.05) is 38.2 Å². The van der Waals surface area contributed by atoms with Gasteiger partial charge in [0.15, 0.2) is 0 Å². The van der Waals surface area contributed by atoms with Gasteiger partial charge < -0.3 is 4.74 Å². The zero-order valence-electron chi connectivity index (χ0n) is 11.0. The average Bonchev–Trinajstić information content (AvgIpc) is 2.69. The Morgan fingerprint density at radius 1 is 1.19 bits per heavy atom. The van der Waals surface area contributed by atoms with Crippen LogP contribution in [0.3, 0.4) is 0 Å². The molecular weight excluding hydrogens is 198 g/mol. The Balaban J connectivity index is 0.000000606. The zero-order valence-corrected chi connectivity index (χ0v) is 11.0. The summed E-state index contributed by atoms with van der Waals surface area (Å²) >= 11 is 0. The predicted molar refractivity (Wildman–Crippen MR) is 69.7 cm³/mol. The van der Waals surface area contributed by atoms with Crippen LogP contribution in [0.25, 0.3) is 0 Å². The highest BCUT2D eigenvalue weighted by Gasteiger charge is 2.47. The molecule has 0 radical (unpaired) electrons. The summed E-state index contributed by atoms with van der Waals surface area (Å²) in [6.45, 7) is 17.9. The van der Waals surface area contributed by atoms with Gasteiger partial charge in [0.25, 0.3) is 0 Å². The summed E-state index contributed by atoms with van der Waals surface area (Å²) in [5, 5.41) is 0. The topological polar surface area (TPSA) is 12.5 Å². The van der Waals surface area contributed by atoms with Gasteiger partial charge in [-0.25, -0.2) is 0 Å². The monoisotopic (exact) mass is 223 g/mol. The molecule has 0 spiro atoms. The standard InChI is InChI=1S/C12H19NO.C2H6/c1-4-14-9-12-5-10(2)7-13(12)8-11(3)6-12;1-2/h2-9H2,1H3;1-2H3. The maximum Gasteiger partial charge on any atom is 0.0656 e. The molecule has 2 aliphatic heterocycles. The largest absolute Gasteiger partial charge is 0.380 e. The van der Waals surface area contributed by atoms with Gasteiger partial charge in [0.1, 0.15) is 0 Å². The minimum atomic E-state index is 0.212. The first kappa shape index (κ1) is 13.5. The van der Waals surface area contributed by atoms with Crippen molar-refractivity contribution in [3.63, 3.8) is 0 Å². The van der Waals surface area contributed by atoms with E-state index < -0.39 is 0 Å². The van der Waals surface area contributed by atoms with Crippen LogP contribution >= 0.6 is 0 Å². The number of ether oxygens (including phenoxy) is 1. The summed E-state index contributed by atoms with van der Waals surface area (Å²) in [6.07, 6.45) is 2.18. The van der Waals surface area contributed by atoms with Crippen molar-refractivity contribution in [2.75, 3.05) is 26.3 Å². The Morgan fingerprint density at radius 2 is 1.69 bits per heavy atom. The van der Waals surface area contributed by atoms with Gasteiger partial charge in [0, 0.05) is 19.7 Å². The molecule has 0 bridgehead atoms. The Morgan fingerprint density at radius 3 is 2.12 bits per heavy atom. The Hall–Kier alpha value is -0.600. The van der Waals surface area contributed by atoms with Gasteiger partial charge in [0.2, 0.25) is 0 Å². The molecule has 0 unspecified atom stereocenters. The lowest BCUT2D eigenvalue weighted by Gasteiger charge is -2.30. The van der Waals surface area contributed by atoms with E-state index in [0.29, 0.717) is 0 Å². The quantitative estimate of drug-likeness (QED) is 0.682. The van der Waals surface area contributed by atoms with Gasteiger partial charge in [-0.15, -0.1) is 0 Å². The molecule has 2 saturated heterocycles. The van der Waals surface area contributed by atoms with Crippen molar-refractivity contribution in [1.82, 2.24) is 4.90 Å². The molecule has 0 aromatic heterocycles. The normalized spacial score (nSPS) is 22.9. The van der Waals surface area contributed by atoms with E-state index in [9.17, 15) is 0 Å². The Bertz CT molecular complexity index is 250. The molecule has 2 heterocycles. The van der Waals surface area contributed by atoms with E-state index in [0.717, 1.165) is 39.1 Å². The first-order valence-corrected chi connectivity index (χ1v) is 6.32. The first-order valence-electron chi connectivity index (χ1n) is 6.32. The fourth-order valence-corrected chi connectivity index (χ4v) is 2.75. The third-order valence-corrected chi connectivity index (χ3v) is 3.23. The van der Waals surface area contributed by atoms with Crippen molar-refractivity contribution in [2.45, 2.75) is 39.2 Å². The average molecular weight is 223 g/mol. The Kier molecular flexibility index (Phi) is 4.75. The highest BCUT2D eigenvalue weighted by atomic mass is 16.5. The molecule has 0 atom stereocenters. The van der Waals surface area contributed by atoms with Crippen LogP contribution in [-0.4, -0.2) is 36.7 Å². The second kappa shape index (κ2) is 5.65. The summed E-state index contributed by atoms with van der Waals surface area (Å²) in [5.41, 5.74) is 2.90. The molecule has 16 heavy (non-hydrogen) atoms. The molecule has 2 aliphatic rings. The molecule has 2 fully saturated rings. The molecule has 0 aromatic carbocycles. The van der Waals surface area contributed by atoms with Crippen molar-refractivity contribution >= 4 is 0 Å². The van der Waals surface area contributed by atoms with Gasteiger partial charge in [-0.3, -0.25) is 4.90 Å². The van der Waals surface area contributed by atoms with E-state index in [4.69, 9.17) is 4.74 Å². The van der Waals surface area contributed by atoms with Crippen LogP contribution in [0.2, 0.25) is 0 Å². The summed E-state index contributed by atoms with van der Waals surface area (Å²) < 4.78 is 5.59. The lowest BCUT2D eigenvalue weighted by molar-refractivity contribution is 0.0420. The summed E-state index contributed by atoms with van der Waals surface area (Å²) in [5.74, 6) is 0.